The summed E-state index contributed by atoms with van der Waals surface area (Å²) >= 11 is 0. The summed E-state index contributed by atoms with van der Waals surface area (Å²) in [6.07, 6.45) is 6.93. The van der Waals surface area contributed by atoms with Crippen LogP contribution in [0.4, 0.5) is 0 Å². The number of carbonyl (C=O) groups excluding carboxylic acids is 3. The van der Waals surface area contributed by atoms with Gasteiger partial charge < -0.3 is 20.4 Å². The lowest BCUT2D eigenvalue weighted by Gasteiger charge is -2.30. The van der Waals surface area contributed by atoms with Gasteiger partial charge >= 0.3 is 0 Å². The Balaban J connectivity index is 1.72. The quantitative estimate of drug-likeness (QED) is 0.678. The van der Waals surface area contributed by atoms with Crippen molar-refractivity contribution < 1.29 is 19.1 Å². The topological polar surface area (TPSA) is 100 Å². The third kappa shape index (κ3) is 4.58. The van der Waals surface area contributed by atoms with Gasteiger partial charge in [-0.3, -0.25) is 14.4 Å². The first-order valence-electron chi connectivity index (χ1n) is 9.81. The molecule has 1 aromatic heterocycles. The van der Waals surface area contributed by atoms with Crippen molar-refractivity contribution >= 4 is 17.6 Å². The van der Waals surface area contributed by atoms with E-state index in [1.807, 2.05) is 6.92 Å². The largest absolute Gasteiger partial charge is 0.368 e. The number of aromatic nitrogens is 1. The van der Waals surface area contributed by atoms with Gasteiger partial charge in [-0.1, -0.05) is 26.7 Å². The molecule has 2 amide bonds. The van der Waals surface area contributed by atoms with Crippen molar-refractivity contribution in [3.8, 4) is 0 Å². The molecular formula is C20H29N3O4. The molecule has 2 aliphatic rings. The summed E-state index contributed by atoms with van der Waals surface area (Å²) in [5.74, 6) is -0.746. The van der Waals surface area contributed by atoms with E-state index in [2.05, 4.69) is 22.5 Å². The van der Waals surface area contributed by atoms with E-state index in [9.17, 15) is 14.4 Å². The lowest BCUT2D eigenvalue weighted by atomic mass is 9.81. The standard InChI is InChI=1S/C20H29N3O4/c1-3-16-17(15(24)12-27-16)23-19(26)14(11-20(2)8-4-5-9-20)22-18(25)13-7-6-10-21-13/h6-7,10,14,16-17,21H,3-5,8-9,11-12H2,1-2H3,(H,22,25)(H,23,26)/t14-,16-,17?/m0/s1. The number of Topliss-reactive ketones (excluding diaryl/α,β-unsaturated/α-hetero) is 1. The molecule has 1 unspecified atom stereocenters. The Morgan fingerprint density at radius 2 is 2.11 bits per heavy atom. The van der Waals surface area contributed by atoms with Crippen molar-refractivity contribution in [1.82, 2.24) is 15.6 Å². The molecule has 3 atom stereocenters. The fourth-order valence-electron chi connectivity index (χ4n) is 4.21. The van der Waals surface area contributed by atoms with Crippen LogP contribution in [0.15, 0.2) is 18.3 Å². The molecule has 1 saturated carbocycles. The zero-order valence-electron chi connectivity index (χ0n) is 16.0. The summed E-state index contributed by atoms with van der Waals surface area (Å²) in [5, 5.41) is 5.69. The van der Waals surface area contributed by atoms with Crippen LogP contribution in [0.3, 0.4) is 0 Å². The highest BCUT2D eigenvalue weighted by Gasteiger charge is 2.39. The highest BCUT2D eigenvalue weighted by Crippen LogP contribution is 2.41. The third-order valence-electron chi connectivity index (χ3n) is 5.83. The normalized spacial score (nSPS) is 25.3. The number of aromatic amines is 1. The van der Waals surface area contributed by atoms with Crippen LogP contribution in [0, 0.1) is 5.41 Å². The van der Waals surface area contributed by atoms with Crippen molar-refractivity contribution in [2.45, 2.75) is 70.6 Å². The van der Waals surface area contributed by atoms with E-state index >= 15 is 0 Å². The van der Waals surface area contributed by atoms with Gasteiger partial charge in [0.2, 0.25) is 5.91 Å². The van der Waals surface area contributed by atoms with Crippen molar-refractivity contribution in [3.05, 3.63) is 24.0 Å². The molecule has 1 aromatic rings. The Hall–Kier alpha value is -2.15. The fourth-order valence-corrected chi connectivity index (χ4v) is 4.21. The third-order valence-corrected chi connectivity index (χ3v) is 5.83. The van der Waals surface area contributed by atoms with Gasteiger partial charge in [-0.2, -0.15) is 0 Å². The van der Waals surface area contributed by atoms with E-state index in [1.165, 1.54) is 0 Å². The predicted molar refractivity (Wildman–Crippen MR) is 100 cm³/mol. The van der Waals surface area contributed by atoms with Gasteiger partial charge in [0.05, 0.1) is 6.10 Å². The summed E-state index contributed by atoms with van der Waals surface area (Å²) in [4.78, 5) is 40.5. The van der Waals surface area contributed by atoms with Crippen LogP contribution in [0.25, 0.3) is 0 Å². The zero-order chi connectivity index (χ0) is 19.4. The fraction of sp³-hybridized carbons (Fsp3) is 0.650. The number of hydrogen-bond acceptors (Lipinski definition) is 4. The number of ketones is 1. The van der Waals surface area contributed by atoms with Crippen LogP contribution in [0.2, 0.25) is 0 Å². The van der Waals surface area contributed by atoms with Gasteiger partial charge in [0.25, 0.3) is 5.91 Å². The molecular weight excluding hydrogens is 346 g/mol. The second-order valence-corrected chi connectivity index (χ2v) is 8.04. The molecule has 3 rings (SSSR count). The first-order valence-corrected chi connectivity index (χ1v) is 9.81. The lowest BCUT2D eigenvalue weighted by Crippen LogP contribution is -2.54. The zero-order valence-corrected chi connectivity index (χ0v) is 16.0. The maximum atomic E-state index is 13.0. The Labute approximate surface area is 159 Å². The van der Waals surface area contributed by atoms with Crippen LogP contribution in [-0.4, -0.2) is 47.4 Å². The van der Waals surface area contributed by atoms with Crippen LogP contribution < -0.4 is 10.6 Å². The number of rotatable bonds is 7. The van der Waals surface area contributed by atoms with Crippen LogP contribution >= 0.6 is 0 Å². The maximum absolute atomic E-state index is 13.0. The molecule has 0 spiro atoms. The molecule has 0 aromatic carbocycles. The summed E-state index contributed by atoms with van der Waals surface area (Å²) in [6, 6.07) is 2.09. The van der Waals surface area contributed by atoms with E-state index in [0.29, 0.717) is 18.5 Å². The molecule has 27 heavy (non-hydrogen) atoms. The summed E-state index contributed by atoms with van der Waals surface area (Å²) in [7, 11) is 0. The number of hydrogen-bond donors (Lipinski definition) is 3. The van der Waals surface area contributed by atoms with Gasteiger partial charge in [0.1, 0.15) is 24.4 Å². The first kappa shape index (κ1) is 19.6. The number of carbonyl (C=O) groups is 3. The smallest absolute Gasteiger partial charge is 0.268 e. The molecule has 0 radical (unpaired) electrons. The van der Waals surface area contributed by atoms with Gasteiger partial charge in [-0.25, -0.2) is 0 Å². The second-order valence-electron chi connectivity index (χ2n) is 8.04. The van der Waals surface area contributed by atoms with Crippen LogP contribution in [0.5, 0.6) is 0 Å². The molecule has 1 aliphatic heterocycles. The minimum atomic E-state index is -0.685. The predicted octanol–water partition coefficient (Wildman–Crippen LogP) is 1.95. The minimum absolute atomic E-state index is 0.0192. The summed E-state index contributed by atoms with van der Waals surface area (Å²) in [6.45, 7) is 4.12. The number of H-pyrrole nitrogens is 1. The molecule has 3 N–H and O–H groups in total. The minimum Gasteiger partial charge on any atom is -0.368 e. The lowest BCUT2D eigenvalue weighted by molar-refractivity contribution is -0.128. The Kier molecular flexibility index (Phi) is 5.99. The van der Waals surface area contributed by atoms with Crippen molar-refractivity contribution in [1.29, 1.82) is 0 Å². The molecule has 2 fully saturated rings. The van der Waals surface area contributed by atoms with Gasteiger partial charge in [0.15, 0.2) is 5.78 Å². The molecule has 2 heterocycles. The Morgan fingerprint density at radius 3 is 2.74 bits per heavy atom. The molecule has 1 aliphatic carbocycles. The number of ether oxygens (including phenoxy) is 1. The molecule has 0 bridgehead atoms. The highest BCUT2D eigenvalue weighted by molar-refractivity contribution is 5.98. The van der Waals surface area contributed by atoms with Crippen LogP contribution in [-0.2, 0) is 14.3 Å². The summed E-state index contributed by atoms with van der Waals surface area (Å²) < 4.78 is 5.44. The SMILES string of the molecule is CC[C@@H]1OCC(=O)C1NC(=O)[C@H](CC1(C)CCCC1)NC(=O)c1ccc[nH]1. The van der Waals surface area contributed by atoms with Crippen molar-refractivity contribution in [3.63, 3.8) is 0 Å². The summed E-state index contributed by atoms with van der Waals surface area (Å²) in [5.41, 5.74) is 0.432. The van der Waals surface area contributed by atoms with Crippen LogP contribution in [0.1, 0.15) is 62.9 Å². The van der Waals surface area contributed by atoms with E-state index in [0.717, 1.165) is 25.7 Å². The number of amides is 2. The average molecular weight is 375 g/mol. The molecule has 148 valence electrons. The number of nitrogens with one attached hydrogen (secondary N) is 3. The Bertz CT molecular complexity index is 679. The van der Waals surface area contributed by atoms with E-state index in [4.69, 9.17) is 4.74 Å². The molecule has 1 saturated heterocycles. The van der Waals surface area contributed by atoms with Crippen molar-refractivity contribution in [2.75, 3.05) is 6.61 Å². The maximum Gasteiger partial charge on any atom is 0.268 e. The van der Waals surface area contributed by atoms with Gasteiger partial charge in [-0.15, -0.1) is 0 Å². The van der Waals surface area contributed by atoms with E-state index in [1.54, 1.807) is 18.3 Å². The van der Waals surface area contributed by atoms with E-state index < -0.39 is 12.1 Å². The monoisotopic (exact) mass is 375 g/mol. The molecule has 7 heteroatoms. The van der Waals surface area contributed by atoms with Crippen molar-refractivity contribution in [2.24, 2.45) is 5.41 Å². The van der Waals surface area contributed by atoms with Gasteiger partial charge in [-0.05, 0) is 43.2 Å². The Morgan fingerprint density at radius 1 is 1.37 bits per heavy atom. The second kappa shape index (κ2) is 8.25. The van der Waals surface area contributed by atoms with E-state index in [-0.39, 0.29) is 35.7 Å². The molecule has 7 nitrogen and oxygen atoms in total. The first-order chi connectivity index (χ1) is 12.9. The average Bonchev–Trinajstić information content (AvgIpc) is 3.37. The van der Waals surface area contributed by atoms with Gasteiger partial charge in [0, 0.05) is 6.20 Å². The highest BCUT2D eigenvalue weighted by atomic mass is 16.5.